The van der Waals surface area contributed by atoms with Gasteiger partial charge in [0, 0.05) is 0 Å². The van der Waals surface area contributed by atoms with Gasteiger partial charge in [0.2, 0.25) is 0 Å². The number of rotatable bonds is 2. The third-order valence-corrected chi connectivity index (χ3v) is 1.40. The van der Waals surface area contributed by atoms with Crippen LogP contribution in [0.25, 0.3) is 0 Å². The van der Waals surface area contributed by atoms with Crippen LogP contribution in [0.15, 0.2) is 0 Å². The van der Waals surface area contributed by atoms with Gasteiger partial charge in [-0.1, -0.05) is 0 Å². The Morgan fingerprint density at radius 2 is 2.33 bits per heavy atom. The predicted octanol–water partition coefficient (Wildman–Crippen LogP) is -0.295. The molecular weight excluding hydrogens is 221 g/mol. The van der Waals surface area contributed by atoms with Crippen molar-refractivity contribution in [2.75, 3.05) is 13.2 Å². The molecule has 0 radical (unpaired) electrons. The SMILES string of the molecule is O=C(N[C@@H]1CONC1=O)OCC(F)(F)F. The van der Waals surface area contributed by atoms with Crippen molar-refractivity contribution in [3.05, 3.63) is 0 Å². The van der Waals surface area contributed by atoms with Crippen molar-refractivity contribution in [1.29, 1.82) is 0 Å². The zero-order chi connectivity index (χ0) is 11.5. The summed E-state index contributed by atoms with van der Waals surface area (Å²) in [5.41, 5.74) is 1.92. The molecule has 15 heavy (non-hydrogen) atoms. The Morgan fingerprint density at radius 3 is 2.80 bits per heavy atom. The van der Waals surface area contributed by atoms with E-state index in [4.69, 9.17) is 0 Å². The second kappa shape index (κ2) is 4.34. The van der Waals surface area contributed by atoms with Gasteiger partial charge in [-0.15, -0.1) is 0 Å². The lowest BCUT2D eigenvalue weighted by Gasteiger charge is -2.10. The molecule has 0 bridgehead atoms. The molecule has 1 saturated heterocycles. The van der Waals surface area contributed by atoms with Gasteiger partial charge in [-0.25, -0.2) is 10.3 Å². The predicted molar refractivity (Wildman–Crippen MR) is 38.4 cm³/mol. The van der Waals surface area contributed by atoms with E-state index in [2.05, 4.69) is 9.57 Å². The molecule has 9 heteroatoms. The molecule has 86 valence electrons. The van der Waals surface area contributed by atoms with Crippen molar-refractivity contribution in [3.63, 3.8) is 0 Å². The summed E-state index contributed by atoms with van der Waals surface area (Å²) < 4.78 is 38.6. The number of amides is 2. The molecule has 0 aromatic rings. The number of hydrogen-bond donors (Lipinski definition) is 2. The number of carbonyl (C=O) groups is 2. The number of alkyl carbamates (subject to hydrolysis) is 1. The van der Waals surface area contributed by atoms with E-state index in [1.165, 1.54) is 0 Å². The molecular formula is C6H7F3N2O4. The fourth-order valence-corrected chi connectivity index (χ4v) is 0.781. The van der Waals surface area contributed by atoms with Gasteiger partial charge < -0.3 is 10.1 Å². The van der Waals surface area contributed by atoms with Gasteiger partial charge in [-0.2, -0.15) is 13.2 Å². The Hall–Kier alpha value is -1.51. The Bertz CT molecular complexity index is 268. The van der Waals surface area contributed by atoms with Gasteiger partial charge in [0.05, 0.1) is 0 Å². The number of hydrogen-bond acceptors (Lipinski definition) is 4. The lowest BCUT2D eigenvalue weighted by molar-refractivity contribution is -0.160. The van der Waals surface area contributed by atoms with E-state index in [-0.39, 0.29) is 6.61 Å². The van der Waals surface area contributed by atoms with E-state index in [0.29, 0.717) is 0 Å². The minimum absolute atomic E-state index is 0.153. The quantitative estimate of drug-likeness (QED) is 0.680. The van der Waals surface area contributed by atoms with Crippen molar-refractivity contribution >= 4 is 12.0 Å². The first-order chi connectivity index (χ1) is 6.88. The van der Waals surface area contributed by atoms with E-state index < -0.39 is 30.8 Å². The van der Waals surface area contributed by atoms with Crippen molar-refractivity contribution in [2.24, 2.45) is 0 Å². The van der Waals surface area contributed by atoms with Crippen LogP contribution >= 0.6 is 0 Å². The van der Waals surface area contributed by atoms with Crippen LogP contribution < -0.4 is 10.8 Å². The van der Waals surface area contributed by atoms with Crippen LogP contribution in [0.5, 0.6) is 0 Å². The van der Waals surface area contributed by atoms with Crippen LogP contribution in [0.1, 0.15) is 0 Å². The summed E-state index contributed by atoms with van der Waals surface area (Å²) in [4.78, 5) is 25.9. The molecule has 1 fully saturated rings. The third kappa shape index (κ3) is 4.02. The summed E-state index contributed by atoms with van der Waals surface area (Å²) in [6, 6.07) is -1.02. The number of alkyl halides is 3. The fraction of sp³-hybridized carbons (Fsp3) is 0.667. The maximum Gasteiger partial charge on any atom is 0.422 e. The van der Waals surface area contributed by atoms with Crippen LogP contribution in [-0.4, -0.2) is 37.4 Å². The molecule has 1 atom stereocenters. The largest absolute Gasteiger partial charge is 0.440 e. The van der Waals surface area contributed by atoms with Gasteiger partial charge in [-0.3, -0.25) is 9.63 Å². The Kier molecular flexibility index (Phi) is 3.35. The minimum Gasteiger partial charge on any atom is -0.440 e. The van der Waals surface area contributed by atoms with Gasteiger partial charge >= 0.3 is 12.3 Å². The average molecular weight is 228 g/mol. The molecule has 0 aromatic heterocycles. The first-order valence-corrected chi connectivity index (χ1v) is 3.80. The number of hydroxylamine groups is 1. The number of nitrogens with one attached hydrogen (secondary N) is 2. The molecule has 0 aromatic carbocycles. The zero-order valence-corrected chi connectivity index (χ0v) is 7.26. The molecule has 0 saturated carbocycles. The summed E-state index contributed by atoms with van der Waals surface area (Å²) in [6.45, 7) is -1.85. The molecule has 6 nitrogen and oxygen atoms in total. The van der Waals surface area contributed by atoms with Gasteiger partial charge in [-0.05, 0) is 0 Å². The summed E-state index contributed by atoms with van der Waals surface area (Å²) in [5, 5.41) is 1.90. The Morgan fingerprint density at radius 1 is 1.67 bits per heavy atom. The molecule has 1 heterocycles. The maximum absolute atomic E-state index is 11.6. The second-order valence-corrected chi connectivity index (χ2v) is 2.67. The summed E-state index contributed by atoms with van der Waals surface area (Å²) in [6.07, 6.45) is -5.91. The minimum atomic E-state index is -4.59. The Labute approximate surface area is 81.7 Å². The second-order valence-electron chi connectivity index (χ2n) is 2.67. The van der Waals surface area contributed by atoms with E-state index >= 15 is 0 Å². The summed E-state index contributed by atoms with van der Waals surface area (Å²) in [5.74, 6) is -0.640. The number of carbonyl (C=O) groups excluding carboxylic acids is 2. The summed E-state index contributed by atoms with van der Waals surface area (Å²) >= 11 is 0. The topological polar surface area (TPSA) is 76.7 Å². The highest BCUT2D eigenvalue weighted by Crippen LogP contribution is 2.14. The number of ether oxygens (including phenoxy) is 1. The summed E-state index contributed by atoms with van der Waals surface area (Å²) in [7, 11) is 0. The van der Waals surface area contributed by atoms with Crippen LogP contribution in [-0.2, 0) is 14.4 Å². The van der Waals surface area contributed by atoms with Gasteiger partial charge in [0.1, 0.15) is 12.6 Å². The lowest BCUT2D eigenvalue weighted by Crippen LogP contribution is -2.42. The van der Waals surface area contributed by atoms with Crippen LogP contribution in [0, 0.1) is 0 Å². The lowest BCUT2D eigenvalue weighted by atomic mass is 10.3. The molecule has 0 spiro atoms. The molecule has 0 aliphatic carbocycles. The normalized spacial score (nSPS) is 21.0. The van der Waals surface area contributed by atoms with E-state index in [1.807, 2.05) is 10.8 Å². The van der Waals surface area contributed by atoms with Crippen LogP contribution in [0.3, 0.4) is 0 Å². The Balaban J connectivity index is 2.27. The van der Waals surface area contributed by atoms with Crippen molar-refractivity contribution < 1.29 is 32.3 Å². The maximum atomic E-state index is 11.6. The fourth-order valence-electron chi connectivity index (χ4n) is 0.781. The van der Waals surface area contributed by atoms with E-state index in [1.54, 1.807) is 0 Å². The zero-order valence-electron chi connectivity index (χ0n) is 7.26. The molecule has 1 rings (SSSR count). The monoisotopic (exact) mass is 228 g/mol. The van der Waals surface area contributed by atoms with Crippen LogP contribution in [0.4, 0.5) is 18.0 Å². The third-order valence-electron chi connectivity index (χ3n) is 1.40. The highest BCUT2D eigenvalue weighted by atomic mass is 19.4. The van der Waals surface area contributed by atoms with Crippen molar-refractivity contribution in [1.82, 2.24) is 10.8 Å². The molecule has 1 aliphatic heterocycles. The molecule has 2 amide bonds. The smallest absolute Gasteiger partial charge is 0.422 e. The average Bonchev–Trinajstić information content (AvgIpc) is 2.47. The highest BCUT2D eigenvalue weighted by Gasteiger charge is 2.32. The molecule has 0 unspecified atom stereocenters. The standard InChI is InChI=1S/C6H7F3N2O4/c7-6(8,9)2-14-5(13)10-3-1-15-11-4(3)12/h3H,1-2H2,(H,10,13)(H,11,12)/t3-/m1/s1. The van der Waals surface area contributed by atoms with Crippen molar-refractivity contribution in [3.8, 4) is 0 Å². The van der Waals surface area contributed by atoms with Crippen molar-refractivity contribution in [2.45, 2.75) is 12.2 Å². The van der Waals surface area contributed by atoms with Crippen LogP contribution in [0.2, 0.25) is 0 Å². The molecule has 2 N–H and O–H groups in total. The van der Waals surface area contributed by atoms with Gasteiger partial charge in [0.15, 0.2) is 6.61 Å². The molecule has 1 aliphatic rings. The highest BCUT2D eigenvalue weighted by molar-refractivity contribution is 5.86. The van der Waals surface area contributed by atoms with Gasteiger partial charge in [0.25, 0.3) is 5.91 Å². The first-order valence-electron chi connectivity index (χ1n) is 3.80. The van der Waals surface area contributed by atoms with E-state index in [9.17, 15) is 22.8 Å². The number of halogens is 3. The van der Waals surface area contributed by atoms with E-state index in [0.717, 1.165) is 0 Å². The first kappa shape index (κ1) is 11.6.